The molecule has 133 heavy (non-hydrogen) atoms. The molecule has 0 saturated heterocycles. The van der Waals surface area contributed by atoms with Gasteiger partial charge in [0.25, 0.3) is 0 Å². The summed E-state index contributed by atoms with van der Waals surface area (Å²) in [7, 11) is 0. The first-order valence-corrected chi connectivity index (χ1v) is 44.8. The molecule has 0 amide bonds. The van der Waals surface area contributed by atoms with Crippen molar-refractivity contribution in [3.05, 3.63) is 459 Å². The van der Waals surface area contributed by atoms with Crippen molar-refractivity contribution in [1.82, 2.24) is 0 Å². The molecule has 3 aliphatic heterocycles. The Morgan fingerprint density at radius 3 is 1.01 bits per heavy atom. The van der Waals surface area contributed by atoms with Crippen LogP contribution in [0.1, 0.15) is 5.56 Å². The molecule has 0 N–H and O–H groups in total. The summed E-state index contributed by atoms with van der Waals surface area (Å²) in [6, 6.07) is 155. The third-order valence-corrected chi connectivity index (χ3v) is 27.5. The van der Waals surface area contributed by atoms with Gasteiger partial charge >= 0.3 is 0 Å². The predicted molar refractivity (Wildman–Crippen MR) is 553 cm³/mol. The van der Waals surface area contributed by atoms with Crippen molar-refractivity contribution in [1.29, 1.82) is 5.26 Å². The van der Waals surface area contributed by atoms with Gasteiger partial charge in [-0.25, -0.2) is 9.69 Å². The Bertz CT molecular complexity index is 9540. The molecule has 0 spiro atoms. The van der Waals surface area contributed by atoms with E-state index < -0.39 is 0 Å². The average molecular weight is 1690 g/mol. The molecule has 612 valence electrons. The Kier molecular flexibility index (Phi) is 17.4. The summed E-state index contributed by atoms with van der Waals surface area (Å²) in [6.45, 7) is 15.1. The molecule has 6 heteroatoms. The Labute approximate surface area is 765 Å². The van der Waals surface area contributed by atoms with Gasteiger partial charge in [0, 0.05) is 32.8 Å². The van der Waals surface area contributed by atoms with Gasteiger partial charge in [-0.2, -0.15) is 5.26 Å². The number of nitriles is 1. The van der Waals surface area contributed by atoms with Gasteiger partial charge in [-0.05, 0) is 310 Å². The summed E-state index contributed by atoms with van der Waals surface area (Å²) in [5.74, 6) is 4.66. The summed E-state index contributed by atoms with van der Waals surface area (Å²) < 4.78 is 19.4. The van der Waals surface area contributed by atoms with Crippen molar-refractivity contribution in [3.8, 4) is 141 Å². The zero-order valence-corrected chi connectivity index (χ0v) is 71.6. The van der Waals surface area contributed by atoms with E-state index in [1.165, 1.54) is 152 Å². The molecule has 3 heterocycles. The molecule has 0 atom stereocenters. The number of ether oxygens (including phenoxy) is 3. The lowest BCUT2D eigenvalue weighted by Gasteiger charge is -2.23. The SMILES string of the molecule is N#Cc1ccc2c(c1)Oc1ccc(-c3ccc(-c4cc5c6ccccc6c(-c6cccc7ccccc67)cc5c5ccccc45)cc3)c3cccc-2c13.[C-]#[N+]c1cc2c3c(cccc3c1)-c1ccc(-c3cc4c5ccccc5c(-c5ccccc5)cc4c4ccccc34)cc1O2.[C-]#[N+]c1cc2c3c(cccc3c1)-c1ccc(-c3cc4c5ccccc5ccc4c4ccccc34)cc1O2. The summed E-state index contributed by atoms with van der Waals surface area (Å²) in [4.78, 5) is 7.35. The maximum absolute atomic E-state index is 9.46. The van der Waals surface area contributed by atoms with Gasteiger partial charge in [0.2, 0.25) is 0 Å². The molecular formula is C127H71N3O3. The zero-order chi connectivity index (χ0) is 88.0. The third kappa shape index (κ3) is 12.3. The smallest absolute Gasteiger partial charge is 0.191 e. The molecule has 3 aliphatic rings. The van der Waals surface area contributed by atoms with Crippen LogP contribution in [0.2, 0.25) is 0 Å². The normalized spacial score (nSPS) is 11.9. The molecule has 0 fully saturated rings. The van der Waals surface area contributed by atoms with Crippen molar-refractivity contribution >= 4 is 151 Å². The van der Waals surface area contributed by atoms with Gasteiger partial charge < -0.3 is 14.2 Å². The third-order valence-electron chi connectivity index (χ3n) is 27.5. The molecule has 0 aliphatic carbocycles. The van der Waals surface area contributed by atoms with Crippen molar-refractivity contribution in [2.24, 2.45) is 0 Å². The lowest BCUT2D eigenvalue weighted by molar-refractivity contribution is 0.487. The number of rotatable bonds is 6. The van der Waals surface area contributed by atoms with Crippen molar-refractivity contribution < 1.29 is 14.2 Å². The molecule has 0 radical (unpaired) electrons. The highest BCUT2D eigenvalue weighted by Crippen LogP contribution is 2.56. The predicted octanol–water partition coefficient (Wildman–Crippen LogP) is 36.3. The number of hydrogen-bond acceptors (Lipinski definition) is 4. The molecule has 0 bridgehead atoms. The fourth-order valence-electron chi connectivity index (χ4n) is 21.5. The Morgan fingerprint density at radius 1 is 0.173 bits per heavy atom. The largest absolute Gasteiger partial charge is 0.457 e. The fourth-order valence-corrected chi connectivity index (χ4v) is 21.5. The number of hydrogen-bond donors (Lipinski definition) is 0. The van der Waals surface area contributed by atoms with Crippen LogP contribution in [0.3, 0.4) is 0 Å². The minimum atomic E-state index is 0.585. The van der Waals surface area contributed by atoms with Crippen LogP contribution in [0, 0.1) is 24.5 Å². The van der Waals surface area contributed by atoms with Crippen molar-refractivity contribution in [3.63, 3.8) is 0 Å². The molecular weight excluding hydrogens is 1620 g/mol. The summed E-state index contributed by atoms with van der Waals surface area (Å²) in [5, 5.41) is 40.8. The lowest BCUT2D eigenvalue weighted by Crippen LogP contribution is -1.98. The van der Waals surface area contributed by atoms with E-state index in [0.29, 0.717) is 16.9 Å². The summed E-state index contributed by atoms with van der Waals surface area (Å²) >= 11 is 0. The van der Waals surface area contributed by atoms with Gasteiger partial charge in [0.1, 0.15) is 34.5 Å². The van der Waals surface area contributed by atoms with E-state index in [1.54, 1.807) is 0 Å². The summed E-state index contributed by atoms with van der Waals surface area (Å²) in [5.41, 5.74) is 22.6. The topological polar surface area (TPSA) is 60.2 Å². The highest BCUT2D eigenvalue weighted by molar-refractivity contribution is 6.28. The van der Waals surface area contributed by atoms with Crippen LogP contribution >= 0.6 is 0 Å². The van der Waals surface area contributed by atoms with Gasteiger partial charge in [0.15, 0.2) is 11.4 Å². The number of nitrogens with zero attached hydrogens (tertiary/aromatic N) is 3. The van der Waals surface area contributed by atoms with Gasteiger partial charge in [-0.1, -0.05) is 328 Å². The molecule has 0 saturated carbocycles. The molecule has 28 rings (SSSR count). The van der Waals surface area contributed by atoms with Crippen LogP contribution in [0.15, 0.2) is 431 Å². The van der Waals surface area contributed by atoms with Crippen LogP contribution in [-0.2, 0) is 0 Å². The van der Waals surface area contributed by atoms with Crippen molar-refractivity contribution in [2.75, 3.05) is 0 Å². The lowest BCUT2D eigenvalue weighted by atomic mass is 9.86. The van der Waals surface area contributed by atoms with Gasteiger partial charge in [-0.3, -0.25) is 0 Å². The zero-order valence-electron chi connectivity index (χ0n) is 71.6. The first-order chi connectivity index (χ1) is 65.8. The second-order valence-electron chi connectivity index (χ2n) is 34.7. The Balaban J connectivity index is 0.000000106. The summed E-state index contributed by atoms with van der Waals surface area (Å²) in [6.07, 6.45) is 0. The van der Waals surface area contributed by atoms with E-state index >= 15 is 0 Å². The Hall–Kier alpha value is -18.3. The van der Waals surface area contributed by atoms with E-state index in [9.17, 15) is 5.26 Å². The highest BCUT2D eigenvalue weighted by atomic mass is 16.5. The minimum absolute atomic E-state index is 0.585. The monoisotopic (exact) mass is 1690 g/mol. The van der Waals surface area contributed by atoms with E-state index in [2.05, 4.69) is 398 Å². The molecule has 25 aromatic rings. The maximum atomic E-state index is 9.46. The second kappa shape index (κ2) is 30.5. The highest BCUT2D eigenvalue weighted by Gasteiger charge is 2.28. The first kappa shape index (κ1) is 76.0. The van der Waals surface area contributed by atoms with Crippen LogP contribution in [-0.4, -0.2) is 0 Å². The van der Waals surface area contributed by atoms with Gasteiger partial charge in [-0.15, -0.1) is 0 Å². The molecule has 0 unspecified atom stereocenters. The average Bonchev–Trinajstić information content (AvgIpc) is 0.743. The van der Waals surface area contributed by atoms with Crippen LogP contribution < -0.4 is 14.2 Å². The Morgan fingerprint density at radius 2 is 0.504 bits per heavy atom. The van der Waals surface area contributed by atoms with E-state index in [1.807, 2.05) is 48.5 Å². The van der Waals surface area contributed by atoms with Crippen LogP contribution in [0.4, 0.5) is 11.4 Å². The van der Waals surface area contributed by atoms with E-state index in [0.717, 1.165) is 122 Å². The molecule has 25 aromatic carbocycles. The van der Waals surface area contributed by atoms with Gasteiger partial charge in [0.05, 0.1) is 24.8 Å². The molecule has 0 aromatic heterocycles. The quantitative estimate of drug-likeness (QED) is 0.123. The fraction of sp³-hybridized carbons (Fsp3) is 0. The van der Waals surface area contributed by atoms with Crippen molar-refractivity contribution in [2.45, 2.75) is 0 Å². The maximum Gasteiger partial charge on any atom is 0.191 e. The number of benzene rings is 25. The number of fused-ring (bicyclic) bond motifs is 22. The van der Waals surface area contributed by atoms with Crippen LogP contribution in [0.5, 0.6) is 34.5 Å². The minimum Gasteiger partial charge on any atom is -0.457 e. The first-order valence-electron chi connectivity index (χ1n) is 44.8. The molecule has 6 nitrogen and oxygen atoms in total. The standard InChI is InChI=1S/C51H29NO.C41H23NO.C35H19NO/c52-30-31-19-24-42-44-18-8-17-43-36(25-26-49(51(43)44)53-50(42)27-31)33-20-22-34(23-21-33)45-28-47-41-15-6-5-14-40(41)46(29-48(47)39-13-4-3-12-38(39)45)37-16-7-10-32-9-1-2-11-35(32)37;1-42-28-20-27-12-9-17-34-33-19-18-26(21-39(33)43-40(22-28)41(27)34)36-24-38-31-15-7-5-13-29(31)35(25-10-3-2-4-11-25)23-37(38)32-16-8-6-14-30(32)36;1-36-24-17-23-8-6-12-30-29-16-14-22(18-33(29)37-34(19-24)35(23)30)31-20-32-25-9-3-2-7-21(25)13-15-28(32)26-10-4-5-11-27(26)31/h1-29H;2-24H;2-20H. The van der Waals surface area contributed by atoms with Crippen LogP contribution in [0.25, 0.3) is 250 Å². The van der Waals surface area contributed by atoms with E-state index in [-0.39, 0.29) is 0 Å². The second-order valence-corrected chi connectivity index (χ2v) is 34.7. The van der Waals surface area contributed by atoms with E-state index in [4.69, 9.17) is 27.4 Å².